The Kier molecular flexibility index (Phi) is 1.01. The maximum Gasteiger partial charge on any atom is 0.162 e. The first kappa shape index (κ1) is 5.77. The van der Waals surface area contributed by atoms with Gasteiger partial charge in [0, 0.05) is 12.5 Å². The lowest BCUT2D eigenvalue weighted by Crippen LogP contribution is -2.09. The first-order valence-electron chi connectivity index (χ1n) is 3.49. The van der Waals surface area contributed by atoms with Crippen LogP contribution in [0.5, 0.6) is 0 Å². The molecule has 0 aliphatic carbocycles. The van der Waals surface area contributed by atoms with Gasteiger partial charge < -0.3 is 9.84 Å². The summed E-state index contributed by atoms with van der Waals surface area (Å²) in [5.41, 5.74) is 2.08. The summed E-state index contributed by atoms with van der Waals surface area (Å²) >= 11 is 0. The Balaban J connectivity index is 2.44. The summed E-state index contributed by atoms with van der Waals surface area (Å²) in [6, 6.07) is 0.510. The van der Waals surface area contributed by atoms with E-state index in [-0.39, 0.29) is 0 Å². The highest BCUT2D eigenvalue weighted by molar-refractivity contribution is 5.55. The lowest BCUT2D eigenvalue weighted by Gasteiger charge is -2.00. The van der Waals surface area contributed by atoms with Crippen LogP contribution in [0.1, 0.15) is 18.4 Å². The van der Waals surface area contributed by atoms with E-state index in [1.165, 1.54) is 0 Å². The monoisotopic (exact) mass is 138 g/mol. The summed E-state index contributed by atoms with van der Waals surface area (Å²) in [6.45, 7) is 4.09. The summed E-state index contributed by atoms with van der Waals surface area (Å²) in [5.74, 6) is 1.00. The third kappa shape index (κ3) is 0.632. The van der Waals surface area contributed by atoms with Gasteiger partial charge in [0.25, 0.3) is 0 Å². The van der Waals surface area contributed by atoms with Gasteiger partial charge in [-0.25, -0.2) is 0 Å². The highest BCUT2D eigenvalue weighted by atomic mass is 16.5. The van der Waals surface area contributed by atoms with Gasteiger partial charge in [-0.15, -0.1) is 0 Å². The fourth-order valence-electron chi connectivity index (χ4n) is 1.32. The highest BCUT2D eigenvalue weighted by Gasteiger charge is 2.23. The van der Waals surface area contributed by atoms with Gasteiger partial charge in [0.1, 0.15) is 11.4 Å². The molecule has 1 N–H and O–H groups in total. The third-order valence-corrected chi connectivity index (χ3v) is 1.82. The average Bonchev–Trinajstić information content (AvgIpc) is 2.35. The fraction of sp³-hybridized carbons (Fsp3) is 0.571. The van der Waals surface area contributed by atoms with E-state index in [9.17, 15) is 0 Å². The number of hydrogen-bond acceptors (Lipinski definition) is 3. The Labute approximate surface area is 59.4 Å². The van der Waals surface area contributed by atoms with E-state index in [4.69, 9.17) is 4.52 Å². The van der Waals surface area contributed by atoms with Gasteiger partial charge in [0.15, 0.2) is 5.76 Å². The smallest absolute Gasteiger partial charge is 0.162 e. The molecule has 54 valence electrons. The average molecular weight is 138 g/mol. The molecule has 0 amide bonds. The maximum absolute atomic E-state index is 5.06. The van der Waals surface area contributed by atoms with Crippen LogP contribution >= 0.6 is 0 Å². The molecular weight excluding hydrogens is 128 g/mol. The molecule has 0 fully saturated rings. The van der Waals surface area contributed by atoms with Gasteiger partial charge in [0.2, 0.25) is 0 Å². The number of hydrogen-bond donors (Lipinski definition) is 1. The van der Waals surface area contributed by atoms with Crippen LogP contribution in [-0.4, -0.2) is 11.2 Å². The maximum atomic E-state index is 5.06. The van der Waals surface area contributed by atoms with Crippen molar-refractivity contribution in [2.24, 2.45) is 0 Å². The Hall–Kier alpha value is -0.990. The molecule has 2 heterocycles. The van der Waals surface area contributed by atoms with Gasteiger partial charge in [-0.2, -0.15) is 0 Å². The molecule has 0 spiro atoms. The molecule has 0 saturated heterocycles. The zero-order valence-electron chi connectivity index (χ0n) is 6.14. The third-order valence-electron chi connectivity index (χ3n) is 1.82. The van der Waals surface area contributed by atoms with Crippen molar-refractivity contribution in [1.29, 1.82) is 0 Å². The number of aromatic nitrogens is 1. The Morgan fingerprint density at radius 2 is 2.50 bits per heavy atom. The molecule has 1 aliphatic heterocycles. The highest BCUT2D eigenvalue weighted by Crippen LogP contribution is 2.28. The predicted octanol–water partition coefficient (Wildman–Crippen LogP) is 1.34. The molecule has 0 aromatic carbocycles. The van der Waals surface area contributed by atoms with Gasteiger partial charge in [-0.3, -0.25) is 0 Å². The molecule has 2 rings (SSSR count). The van der Waals surface area contributed by atoms with E-state index < -0.39 is 0 Å². The summed E-state index contributed by atoms with van der Waals surface area (Å²) in [4.78, 5) is 0. The normalized spacial score (nSPS) is 22.4. The van der Waals surface area contributed by atoms with Crippen molar-refractivity contribution in [1.82, 2.24) is 5.16 Å². The summed E-state index contributed by atoms with van der Waals surface area (Å²) in [5, 5.41) is 7.12. The zero-order chi connectivity index (χ0) is 7.14. The van der Waals surface area contributed by atoms with Crippen LogP contribution in [0.2, 0.25) is 0 Å². The minimum Gasteiger partial charge on any atom is -0.378 e. The molecule has 0 saturated carbocycles. The zero-order valence-corrected chi connectivity index (χ0v) is 6.14. The van der Waals surface area contributed by atoms with Crippen LogP contribution in [0, 0.1) is 6.92 Å². The van der Waals surface area contributed by atoms with Crippen LogP contribution in [-0.2, 0) is 6.42 Å². The topological polar surface area (TPSA) is 38.1 Å². The van der Waals surface area contributed by atoms with E-state index in [0.29, 0.717) is 6.04 Å². The number of anilines is 1. The van der Waals surface area contributed by atoms with E-state index in [0.717, 1.165) is 23.6 Å². The predicted molar refractivity (Wildman–Crippen MR) is 38.0 cm³/mol. The van der Waals surface area contributed by atoms with Crippen molar-refractivity contribution in [2.75, 3.05) is 5.32 Å². The molecule has 3 heteroatoms. The molecule has 0 radical (unpaired) electrons. The largest absolute Gasteiger partial charge is 0.378 e. The minimum atomic E-state index is 0.510. The second kappa shape index (κ2) is 1.75. The molecule has 1 aliphatic rings. The SMILES string of the molecule is Cc1noc2c1NC(C)C2. The summed E-state index contributed by atoms with van der Waals surface area (Å²) < 4.78 is 5.06. The second-order valence-corrected chi connectivity index (χ2v) is 2.82. The van der Waals surface area contributed by atoms with Gasteiger partial charge in [0.05, 0.1) is 0 Å². The molecule has 10 heavy (non-hydrogen) atoms. The lowest BCUT2D eigenvalue weighted by atomic mass is 10.2. The first-order valence-corrected chi connectivity index (χ1v) is 3.49. The Morgan fingerprint density at radius 3 is 3.20 bits per heavy atom. The Bertz CT molecular complexity index is 254. The molecule has 0 bridgehead atoms. The van der Waals surface area contributed by atoms with Crippen molar-refractivity contribution < 1.29 is 4.52 Å². The van der Waals surface area contributed by atoms with Crippen LogP contribution in [0.15, 0.2) is 4.52 Å². The van der Waals surface area contributed by atoms with Gasteiger partial charge in [-0.1, -0.05) is 5.16 Å². The minimum absolute atomic E-state index is 0.510. The van der Waals surface area contributed by atoms with Crippen molar-refractivity contribution >= 4 is 5.69 Å². The molecule has 1 atom stereocenters. The first-order chi connectivity index (χ1) is 4.77. The molecule has 1 aromatic heterocycles. The standard InChI is InChI=1S/C7H10N2O/c1-4-3-6-7(8-4)5(2)9-10-6/h4,8H,3H2,1-2H3. The quantitative estimate of drug-likeness (QED) is 0.588. The van der Waals surface area contributed by atoms with E-state index in [1.54, 1.807) is 0 Å². The van der Waals surface area contributed by atoms with Crippen molar-refractivity contribution in [3.8, 4) is 0 Å². The number of nitrogens with one attached hydrogen (secondary N) is 1. The van der Waals surface area contributed by atoms with E-state index in [1.807, 2.05) is 6.92 Å². The second-order valence-electron chi connectivity index (χ2n) is 2.82. The number of fused-ring (bicyclic) bond motifs is 1. The summed E-state index contributed by atoms with van der Waals surface area (Å²) in [7, 11) is 0. The number of rotatable bonds is 0. The van der Waals surface area contributed by atoms with Crippen molar-refractivity contribution in [2.45, 2.75) is 26.3 Å². The Morgan fingerprint density at radius 1 is 1.70 bits per heavy atom. The van der Waals surface area contributed by atoms with Crippen LogP contribution in [0.3, 0.4) is 0 Å². The van der Waals surface area contributed by atoms with Gasteiger partial charge in [-0.05, 0) is 13.8 Å². The van der Waals surface area contributed by atoms with Crippen LogP contribution in [0.4, 0.5) is 5.69 Å². The van der Waals surface area contributed by atoms with Crippen molar-refractivity contribution in [3.05, 3.63) is 11.5 Å². The van der Waals surface area contributed by atoms with Crippen molar-refractivity contribution in [3.63, 3.8) is 0 Å². The molecule has 1 aromatic rings. The molecule has 1 unspecified atom stereocenters. The number of aryl methyl sites for hydroxylation is 1. The number of nitrogens with zero attached hydrogens (tertiary/aromatic N) is 1. The summed E-state index contributed by atoms with van der Waals surface area (Å²) in [6.07, 6.45) is 0.968. The molecular formula is C7H10N2O. The fourth-order valence-corrected chi connectivity index (χ4v) is 1.32. The lowest BCUT2D eigenvalue weighted by molar-refractivity contribution is 0.380. The van der Waals surface area contributed by atoms with E-state index >= 15 is 0 Å². The van der Waals surface area contributed by atoms with Gasteiger partial charge >= 0.3 is 0 Å². The van der Waals surface area contributed by atoms with Crippen LogP contribution < -0.4 is 5.32 Å². The van der Waals surface area contributed by atoms with Crippen LogP contribution in [0.25, 0.3) is 0 Å². The molecule has 3 nitrogen and oxygen atoms in total. The van der Waals surface area contributed by atoms with E-state index in [2.05, 4.69) is 17.4 Å².